The minimum atomic E-state index is 0.825. The topological polar surface area (TPSA) is 58.4 Å². The second kappa shape index (κ2) is 4.92. The summed E-state index contributed by atoms with van der Waals surface area (Å²) in [6.45, 7) is 5.89. The van der Waals surface area contributed by atoms with Gasteiger partial charge in [-0.15, -0.1) is 10.2 Å². The minimum Gasteiger partial charge on any atom is -0.351 e. The Morgan fingerprint density at radius 3 is 2.86 bits per heavy atom. The Bertz CT molecular complexity index is 821. The third-order valence-electron chi connectivity index (χ3n) is 3.91. The predicted octanol–water partition coefficient (Wildman–Crippen LogP) is 1.76. The van der Waals surface area contributed by atoms with Crippen molar-refractivity contribution < 1.29 is 0 Å². The number of fused-ring (bicyclic) bond motifs is 3. The Kier molecular flexibility index (Phi) is 3.04. The van der Waals surface area contributed by atoms with Crippen LogP contribution in [0.5, 0.6) is 0 Å². The van der Waals surface area contributed by atoms with Crippen LogP contribution < -0.4 is 10.2 Å². The third kappa shape index (κ3) is 2.08. The van der Waals surface area contributed by atoms with Crippen molar-refractivity contribution in [2.24, 2.45) is 0 Å². The second-order valence-corrected chi connectivity index (χ2v) is 6.14. The van der Waals surface area contributed by atoms with Gasteiger partial charge in [0.1, 0.15) is 6.33 Å². The van der Waals surface area contributed by atoms with E-state index < -0.39 is 0 Å². The molecule has 1 N–H and O–H groups in total. The summed E-state index contributed by atoms with van der Waals surface area (Å²) in [5.74, 6) is 0.914. The molecule has 1 saturated heterocycles. The molecule has 1 aliphatic rings. The van der Waals surface area contributed by atoms with Crippen molar-refractivity contribution >= 4 is 38.4 Å². The molecule has 0 aliphatic carbocycles. The number of halogens is 1. The van der Waals surface area contributed by atoms with Gasteiger partial charge in [0.15, 0.2) is 5.82 Å². The molecule has 4 rings (SSSR count). The van der Waals surface area contributed by atoms with Crippen molar-refractivity contribution in [3.63, 3.8) is 0 Å². The quantitative estimate of drug-likeness (QED) is 0.727. The molecular formula is C14H15BrN6. The van der Waals surface area contributed by atoms with Crippen molar-refractivity contribution in [3.8, 4) is 0 Å². The molecule has 108 valence electrons. The number of nitrogens with one attached hydrogen (secondary N) is 1. The fourth-order valence-corrected chi connectivity index (χ4v) is 3.09. The number of benzene rings is 1. The molecule has 1 aromatic carbocycles. The number of piperazine rings is 1. The molecule has 3 aromatic rings. The van der Waals surface area contributed by atoms with Crippen molar-refractivity contribution in [3.05, 3.63) is 28.5 Å². The number of rotatable bonds is 1. The summed E-state index contributed by atoms with van der Waals surface area (Å²) < 4.78 is 3.10. The highest BCUT2D eigenvalue weighted by atomic mass is 79.9. The van der Waals surface area contributed by atoms with Gasteiger partial charge >= 0.3 is 0 Å². The van der Waals surface area contributed by atoms with E-state index in [9.17, 15) is 0 Å². The zero-order valence-electron chi connectivity index (χ0n) is 11.7. The van der Waals surface area contributed by atoms with Crippen molar-refractivity contribution in [2.75, 3.05) is 31.1 Å². The van der Waals surface area contributed by atoms with Gasteiger partial charge in [0.25, 0.3) is 0 Å². The number of anilines is 1. The van der Waals surface area contributed by atoms with E-state index in [2.05, 4.69) is 55.4 Å². The van der Waals surface area contributed by atoms with Crippen LogP contribution in [-0.4, -0.2) is 45.8 Å². The van der Waals surface area contributed by atoms with E-state index >= 15 is 0 Å². The van der Waals surface area contributed by atoms with E-state index in [-0.39, 0.29) is 0 Å². The maximum Gasteiger partial charge on any atom is 0.204 e. The van der Waals surface area contributed by atoms with Crippen LogP contribution in [0, 0.1) is 6.92 Å². The van der Waals surface area contributed by atoms with Crippen LogP contribution >= 0.6 is 15.9 Å². The third-order valence-corrected chi connectivity index (χ3v) is 4.76. The number of aromatic nitrogens is 4. The van der Waals surface area contributed by atoms with Gasteiger partial charge in [-0.2, -0.15) is 0 Å². The summed E-state index contributed by atoms with van der Waals surface area (Å²) in [4.78, 5) is 7.12. The minimum absolute atomic E-state index is 0.825. The van der Waals surface area contributed by atoms with E-state index in [0.717, 1.165) is 53.2 Å². The van der Waals surface area contributed by atoms with Gasteiger partial charge in [0, 0.05) is 30.7 Å². The van der Waals surface area contributed by atoms with Crippen LogP contribution in [0.25, 0.3) is 16.7 Å². The van der Waals surface area contributed by atoms with Gasteiger partial charge in [-0.25, -0.2) is 4.98 Å². The molecule has 0 spiro atoms. The lowest BCUT2D eigenvalue weighted by Gasteiger charge is -2.28. The Labute approximate surface area is 130 Å². The smallest absolute Gasteiger partial charge is 0.204 e. The number of hydrogen-bond acceptors (Lipinski definition) is 5. The summed E-state index contributed by atoms with van der Waals surface area (Å²) in [6, 6.07) is 4.18. The highest BCUT2D eigenvalue weighted by Gasteiger charge is 2.18. The molecule has 21 heavy (non-hydrogen) atoms. The molecule has 0 saturated carbocycles. The lowest BCUT2D eigenvalue weighted by Crippen LogP contribution is -2.44. The molecule has 7 heteroatoms. The van der Waals surface area contributed by atoms with Crippen LogP contribution in [0.15, 0.2) is 22.9 Å². The molecular weight excluding hydrogens is 332 g/mol. The fraction of sp³-hybridized carbons (Fsp3) is 0.357. The van der Waals surface area contributed by atoms with Gasteiger partial charge in [-0.1, -0.05) is 15.9 Å². The largest absolute Gasteiger partial charge is 0.351 e. The molecule has 1 fully saturated rings. The van der Waals surface area contributed by atoms with Crippen molar-refractivity contribution in [2.45, 2.75) is 6.92 Å². The normalized spacial score (nSPS) is 16.0. The summed E-state index contributed by atoms with van der Waals surface area (Å²) >= 11 is 3.59. The van der Waals surface area contributed by atoms with Crippen LogP contribution in [0.2, 0.25) is 0 Å². The molecule has 6 nitrogen and oxygen atoms in total. The van der Waals surface area contributed by atoms with Crippen LogP contribution in [-0.2, 0) is 0 Å². The average molecular weight is 347 g/mol. The van der Waals surface area contributed by atoms with E-state index in [1.165, 1.54) is 5.56 Å². The first kappa shape index (κ1) is 13.0. The highest BCUT2D eigenvalue weighted by Crippen LogP contribution is 2.27. The van der Waals surface area contributed by atoms with E-state index in [0.29, 0.717) is 0 Å². The van der Waals surface area contributed by atoms with E-state index in [1.54, 1.807) is 6.33 Å². The van der Waals surface area contributed by atoms with Crippen molar-refractivity contribution in [1.82, 2.24) is 24.9 Å². The summed E-state index contributed by atoms with van der Waals surface area (Å²) in [5.41, 5.74) is 3.99. The Hall–Kier alpha value is -1.73. The molecule has 0 amide bonds. The first-order chi connectivity index (χ1) is 10.2. The molecule has 2 aromatic heterocycles. The zero-order valence-corrected chi connectivity index (χ0v) is 13.3. The highest BCUT2D eigenvalue weighted by molar-refractivity contribution is 9.10. The van der Waals surface area contributed by atoms with E-state index in [1.807, 2.05) is 4.40 Å². The van der Waals surface area contributed by atoms with Crippen LogP contribution in [0.4, 0.5) is 5.82 Å². The summed E-state index contributed by atoms with van der Waals surface area (Å²) in [6.07, 6.45) is 1.76. The monoisotopic (exact) mass is 346 g/mol. The van der Waals surface area contributed by atoms with Crippen LogP contribution in [0.3, 0.4) is 0 Å². The van der Waals surface area contributed by atoms with Gasteiger partial charge in [-0.05, 0) is 24.6 Å². The molecule has 0 atom stereocenters. The molecule has 0 unspecified atom stereocenters. The Morgan fingerprint density at radius 1 is 1.24 bits per heavy atom. The lowest BCUT2D eigenvalue weighted by molar-refractivity contribution is 0.586. The zero-order chi connectivity index (χ0) is 14.4. The molecule has 0 radical (unpaired) electrons. The van der Waals surface area contributed by atoms with Crippen LogP contribution in [0.1, 0.15) is 5.56 Å². The maximum atomic E-state index is 4.85. The number of aryl methyl sites for hydroxylation is 1. The maximum absolute atomic E-state index is 4.85. The standard InChI is InChI=1S/C14H15BrN6/c1-9-6-12-11(7-10(9)15)18-13(14-19-17-8-21(12)14)20-4-2-16-3-5-20/h6-8,16H,2-5H2,1H3. The second-order valence-electron chi connectivity index (χ2n) is 5.29. The number of nitrogens with zero attached hydrogens (tertiary/aromatic N) is 5. The van der Waals surface area contributed by atoms with Gasteiger partial charge < -0.3 is 10.2 Å². The molecule has 1 aliphatic heterocycles. The van der Waals surface area contributed by atoms with Gasteiger partial charge in [0.05, 0.1) is 11.0 Å². The number of hydrogen-bond donors (Lipinski definition) is 1. The average Bonchev–Trinajstić information content (AvgIpc) is 2.99. The predicted molar refractivity (Wildman–Crippen MR) is 85.8 cm³/mol. The van der Waals surface area contributed by atoms with Gasteiger partial charge in [0.2, 0.25) is 5.65 Å². The van der Waals surface area contributed by atoms with Gasteiger partial charge in [-0.3, -0.25) is 4.40 Å². The Balaban J connectivity index is 2.00. The summed E-state index contributed by atoms with van der Waals surface area (Å²) in [5, 5.41) is 11.7. The van der Waals surface area contributed by atoms with Crippen molar-refractivity contribution in [1.29, 1.82) is 0 Å². The fourth-order valence-electron chi connectivity index (χ4n) is 2.75. The first-order valence-electron chi connectivity index (χ1n) is 6.99. The van der Waals surface area contributed by atoms with E-state index in [4.69, 9.17) is 4.98 Å². The molecule has 3 heterocycles. The summed E-state index contributed by atoms with van der Waals surface area (Å²) in [7, 11) is 0. The molecule has 0 bridgehead atoms. The Morgan fingerprint density at radius 2 is 2.05 bits per heavy atom. The SMILES string of the molecule is Cc1cc2c(cc1Br)nc(N1CCNCC1)c1nncn12. The lowest BCUT2D eigenvalue weighted by atomic mass is 10.2. The first-order valence-corrected chi connectivity index (χ1v) is 7.78.